The first kappa shape index (κ1) is 12.0. The van der Waals surface area contributed by atoms with E-state index in [1.54, 1.807) is 6.20 Å². The summed E-state index contributed by atoms with van der Waals surface area (Å²) >= 11 is 0. The molecule has 0 aromatic carbocycles. The van der Waals surface area contributed by atoms with E-state index in [9.17, 15) is 5.21 Å². The molecule has 2 nitrogen and oxygen atoms in total. The monoisotopic (exact) mass is 208 g/mol. The predicted octanol–water partition coefficient (Wildman–Crippen LogP) is 2.81. The summed E-state index contributed by atoms with van der Waals surface area (Å²) in [5, 5.41) is 9.75. The van der Waals surface area contributed by atoms with Gasteiger partial charge in [0.15, 0.2) is 0 Å². The summed E-state index contributed by atoms with van der Waals surface area (Å²) in [6.07, 6.45) is 1.72. The zero-order chi connectivity index (χ0) is 11.9. The number of pyridine rings is 1. The van der Waals surface area contributed by atoms with Crippen LogP contribution in [0.5, 0.6) is 0 Å². The van der Waals surface area contributed by atoms with Gasteiger partial charge in [-0.2, -0.15) is 0 Å². The van der Waals surface area contributed by atoms with Gasteiger partial charge in [0.25, 0.3) is 0 Å². The van der Waals surface area contributed by atoms with Crippen LogP contribution in [0.3, 0.4) is 0 Å². The Kier molecular flexibility index (Phi) is 2.81. The van der Waals surface area contributed by atoms with E-state index in [0.29, 0.717) is 0 Å². The molecule has 1 aromatic rings. The molecule has 0 atom stereocenters. The van der Waals surface area contributed by atoms with E-state index in [1.807, 2.05) is 6.07 Å². The first-order valence-corrected chi connectivity index (χ1v) is 5.38. The Bertz CT molecular complexity index is 356. The van der Waals surface area contributed by atoms with Gasteiger partial charge in [-0.3, -0.25) is 5.21 Å². The molecule has 1 heterocycles. The molecule has 2 heteroatoms. The van der Waals surface area contributed by atoms with E-state index in [-0.39, 0.29) is 10.8 Å². The van der Waals surface area contributed by atoms with E-state index in [0.717, 1.165) is 5.69 Å². The van der Waals surface area contributed by atoms with Gasteiger partial charge in [0, 0.05) is 16.9 Å². The molecular weight excluding hydrogens is 186 g/mol. The lowest BCUT2D eigenvalue weighted by molar-refractivity contribution is -0.911. The number of aromatic nitrogens is 1. The average Bonchev–Trinajstić information content (AvgIpc) is 2.00. The molecule has 0 spiro atoms. The third kappa shape index (κ3) is 2.71. The zero-order valence-corrected chi connectivity index (χ0v) is 10.6. The third-order valence-electron chi connectivity index (χ3n) is 2.57. The van der Waals surface area contributed by atoms with Gasteiger partial charge in [0.05, 0.1) is 5.41 Å². The molecule has 0 aliphatic carbocycles. The van der Waals surface area contributed by atoms with Crippen LogP contribution < -0.4 is 4.73 Å². The van der Waals surface area contributed by atoms with E-state index in [4.69, 9.17) is 0 Å². The van der Waals surface area contributed by atoms with Gasteiger partial charge in [-0.25, -0.2) is 0 Å². The normalized spacial score (nSPS) is 12.9. The van der Waals surface area contributed by atoms with Crippen molar-refractivity contribution in [2.75, 3.05) is 0 Å². The second-order valence-corrected chi connectivity index (χ2v) is 6.15. The van der Waals surface area contributed by atoms with Gasteiger partial charge >= 0.3 is 0 Å². The lowest BCUT2D eigenvalue weighted by atomic mass is 9.84. The van der Waals surface area contributed by atoms with Crippen LogP contribution in [0.4, 0.5) is 0 Å². The molecule has 0 saturated heterocycles. The summed E-state index contributed by atoms with van der Waals surface area (Å²) in [7, 11) is 0. The summed E-state index contributed by atoms with van der Waals surface area (Å²) in [5.74, 6) is 0. The first-order valence-electron chi connectivity index (χ1n) is 5.38. The van der Waals surface area contributed by atoms with Gasteiger partial charge in [0.1, 0.15) is 0 Å². The fourth-order valence-corrected chi connectivity index (χ4v) is 1.52. The fourth-order valence-electron chi connectivity index (χ4n) is 1.52. The molecule has 15 heavy (non-hydrogen) atoms. The van der Waals surface area contributed by atoms with Crippen LogP contribution in [0.1, 0.15) is 52.8 Å². The van der Waals surface area contributed by atoms with E-state index >= 15 is 0 Å². The number of nitrogens with zero attached hydrogens (tertiary/aromatic N) is 1. The summed E-state index contributed by atoms with van der Waals surface area (Å²) in [5.41, 5.74) is 2.26. The Balaban J connectivity index is 3.30. The molecular formula is C13H22NO+. The van der Waals surface area contributed by atoms with Gasteiger partial charge < -0.3 is 0 Å². The van der Waals surface area contributed by atoms with E-state index in [2.05, 4.69) is 47.6 Å². The van der Waals surface area contributed by atoms with Gasteiger partial charge in [-0.15, -0.1) is 0 Å². The van der Waals surface area contributed by atoms with Crippen molar-refractivity contribution in [1.29, 1.82) is 0 Å². The average molecular weight is 208 g/mol. The molecule has 84 valence electrons. The van der Waals surface area contributed by atoms with Crippen LogP contribution in [0, 0.1) is 0 Å². The Labute approximate surface area is 92.5 Å². The van der Waals surface area contributed by atoms with Crippen molar-refractivity contribution in [1.82, 2.24) is 0 Å². The van der Waals surface area contributed by atoms with Crippen molar-refractivity contribution in [2.24, 2.45) is 0 Å². The van der Waals surface area contributed by atoms with Crippen molar-refractivity contribution >= 4 is 0 Å². The summed E-state index contributed by atoms with van der Waals surface area (Å²) in [6.45, 7) is 12.8. The number of rotatable bonds is 0. The zero-order valence-electron chi connectivity index (χ0n) is 10.6. The highest BCUT2D eigenvalue weighted by Gasteiger charge is 2.28. The maximum atomic E-state index is 9.75. The van der Waals surface area contributed by atoms with Crippen LogP contribution in [-0.2, 0) is 10.8 Å². The van der Waals surface area contributed by atoms with E-state index in [1.165, 1.54) is 10.3 Å². The minimum atomic E-state index is -0.0456. The molecule has 0 fully saturated rings. The van der Waals surface area contributed by atoms with Crippen LogP contribution in [-0.4, -0.2) is 5.21 Å². The standard InChI is InChI=1S/C13H22NO/c1-12(2,3)10-7-8-14(15)11(9-10)13(4,5)6/h7-9,15H,1-6H3/q+1. The van der Waals surface area contributed by atoms with Gasteiger partial charge in [-0.05, 0) is 11.0 Å². The van der Waals surface area contributed by atoms with Crippen LogP contribution >= 0.6 is 0 Å². The van der Waals surface area contributed by atoms with Crippen LogP contribution in [0.2, 0.25) is 0 Å². The molecule has 0 bridgehead atoms. The Morgan fingerprint density at radius 1 is 1.00 bits per heavy atom. The molecule has 1 rings (SSSR count). The summed E-state index contributed by atoms with van der Waals surface area (Å²) < 4.78 is 1.22. The fraction of sp³-hybridized carbons (Fsp3) is 0.615. The second kappa shape index (κ2) is 3.51. The van der Waals surface area contributed by atoms with Crippen molar-refractivity contribution in [3.05, 3.63) is 29.6 Å². The van der Waals surface area contributed by atoms with Crippen molar-refractivity contribution in [3.63, 3.8) is 0 Å². The minimum absolute atomic E-state index is 0.0456. The molecule has 0 aliphatic heterocycles. The highest BCUT2D eigenvalue weighted by Crippen LogP contribution is 2.25. The van der Waals surface area contributed by atoms with Crippen molar-refractivity contribution in [2.45, 2.75) is 52.4 Å². The first-order chi connectivity index (χ1) is 6.62. The molecule has 0 radical (unpaired) electrons. The second-order valence-electron chi connectivity index (χ2n) is 6.15. The third-order valence-corrected chi connectivity index (χ3v) is 2.57. The lowest BCUT2D eigenvalue weighted by Gasteiger charge is -2.20. The Morgan fingerprint density at radius 2 is 1.53 bits per heavy atom. The molecule has 0 saturated carbocycles. The molecule has 0 unspecified atom stereocenters. The van der Waals surface area contributed by atoms with Gasteiger partial charge in [0.2, 0.25) is 11.9 Å². The van der Waals surface area contributed by atoms with Crippen LogP contribution in [0.25, 0.3) is 0 Å². The minimum Gasteiger partial charge on any atom is -0.285 e. The number of hydrogen-bond donors (Lipinski definition) is 1. The van der Waals surface area contributed by atoms with Crippen molar-refractivity contribution < 1.29 is 9.94 Å². The summed E-state index contributed by atoms with van der Waals surface area (Å²) in [4.78, 5) is 0. The topological polar surface area (TPSA) is 24.1 Å². The van der Waals surface area contributed by atoms with Crippen molar-refractivity contribution in [3.8, 4) is 0 Å². The predicted molar refractivity (Wildman–Crippen MR) is 61.2 cm³/mol. The SMILES string of the molecule is CC(C)(C)c1cc[n+](O)c(C(C)(C)C)c1. The maximum absolute atomic E-state index is 9.75. The van der Waals surface area contributed by atoms with E-state index < -0.39 is 0 Å². The largest absolute Gasteiger partial charge is 0.285 e. The lowest BCUT2D eigenvalue weighted by Crippen LogP contribution is -2.41. The highest BCUT2D eigenvalue weighted by atomic mass is 16.5. The Hall–Kier alpha value is -1.05. The summed E-state index contributed by atoms with van der Waals surface area (Å²) in [6, 6.07) is 4.05. The quantitative estimate of drug-likeness (QED) is 0.514. The smallest absolute Gasteiger partial charge is 0.239 e. The highest BCUT2D eigenvalue weighted by molar-refractivity contribution is 5.23. The molecule has 0 amide bonds. The molecule has 1 N–H and O–H groups in total. The maximum Gasteiger partial charge on any atom is 0.239 e. The van der Waals surface area contributed by atoms with Gasteiger partial charge in [-0.1, -0.05) is 41.5 Å². The number of hydrogen-bond acceptors (Lipinski definition) is 1. The molecule has 0 aliphatic rings. The van der Waals surface area contributed by atoms with Crippen LogP contribution in [0.15, 0.2) is 18.3 Å². The Morgan fingerprint density at radius 3 is 1.93 bits per heavy atom. The molecule has 1 aromatic heterocycles.